The first-order valence-electron chi connectivity index (χ1n) is 9.69. The number of nitrogens with zero attached hydrogens (tertiary/aromatic N) is 1. The topological polar surface area (TPSA) is 49.4 Å². The minimum absolute atomic E-state index is 0.0344. The van der Waals surface area contributed by atoms with E-state index in [4.69, 9.17) is 0 Å². The largest absolute Gasteiger partial charge is 0.416 e. The Bertz CT molecular complexity index is 916. The van der Waals surface area contributed by atoms with Crippen LogP contribution in [0.3, 0.4) is 0 Å². The Morgan fingerprint density at radius 1 is 0.966 bits per heavy atom. The summed E-state index contributed by atoms with van der Waals surface area (Å²) in [5.41, 5.74) is 0.598. The molecule has 0 unspecified atom stereocenters. The maximum atomic E-state index is 13.0. The van der Waals surface area contributed by atoms with Crippen molar-refractivity contribution in [1.29, 1.82) is 0 Å². The zero-order valence-electron chi connectivity index (χ0n) is 15.7. The molecule has 7 heteroatoms. The molecule has 0 spiro atoms. The van der Waals surface area contributed by atoms with Crippen molar-refractivity contribution in [3.63, 3.8) is 0 Å². The van der Waals surface area contributed by atoms with Gasteiger partial charge < -0.3 is 10.2 Å². The zero-order valence-corrected chi connectivity index (χ0v) is 15.7. The standard InChI is InChI=1S/C22H21F3N2O2/c23-22(24,25)17-3-1-2-16(12-17)21(29)27(19-10-11-19)13-14-4-6-15(7-5-14)20(28)26-18-8-9-18/h1-7,12,18-19H,8-11,13H2,(H,26,28). The van der Waals surface area contributed by atoms with Crippen molar-refractivity contribution in [3.8, 4) is 0 Å². The van der Waals surface area contributed by atoms with Crippen LogP contribution in [0.5, 0.6) is 0 Å². The minimum atomic E-state index is -4.49. The molecule has 2 aromatic rings. The Hall–Kier alpha value is -2.83. The van der Waals surface area contributed by atoms with Gasteiger partial charge in [-0.25, -0.2) is 0 Å². The summed E-state index contributed by atoms with van der Waals surface area (Å²) in [6.07, 6.45) is -0.785. The molecule has 2 aliphatic rings. The van der Waals surface area contributed by atoms with Gasteiger partial charge in [0, 0.05) is 29.8 Å². The van der Waals surface area contributed by atoms with Crippen LogP contribution < -0.4 is 5.32 Å². The highest BCUT2D eigenvalue weighted by Gasteiger charge is 2.35. The number of amides is 2. The van der Waals surface area contributed by atoms with Gasteiger partial charge in [0.15, 0.2) is 0 Å². The van der Waals surface area contributed by atoms with Crippen molar-refractivity contribution < 1.29 is 22.8 Å². The van der Waals surface area contributed by atoms with E-state index < -0.39 is 17.6 Å². The molecule has 0 aromatic heterocycles. The smallest absolute Gasteiger partial charge is 0.349 e. The van der Waals surface area contributed by atoms with Crippen molar-refractivity contribution in [2.24, 2.45) is 0 Å². The molecule has 0 radical (unpaired) electrons. The van der Waals surface area contributed by atoms with Gasteiger partial charge in [0.1, 0.15) is 0 Å². The number of hydrogen-bond acceptors (Lipinski definition) is 2. The van der Waals surface area contributed by atoms with E-state index >= 15 is 0 Å². The molecule has 0 saturated heterocycles. The van der Waals surface area contributed by atoms with Crippen LogP contribution in [0, 0.1) is 0 Å². The fourth-order valence-corrected chi connectivity index (χ4v) is 3.20. The van der Waals surface area contributed by atoms with Gasteiger partial charge in [-0.1, -0.05) is 18.2 Å². The Morgan fingerprint density at radius 3 is 2.24 bits per heavy atom. The van der Waals surface area contributed by atoms with Crippen LogP contribution in [0.4, 0.5) is 13.2 Å². The predicted molar refractivity (Wildman–Crippen MR) is 101 cm³/mol. The summed E-state index contributed by atoms with van der Waals surface area (Å²) in [5, 5.41) is 2.92. The molecule has 1 N–H and O–H groups in total. The highest BCUT2D eigenvalue weighted by atomic mass is 19.4. The molecule has 2 aliphatic carbocycles. The molecule has 29 heavy (non-hydrogen) atoms. The summed E-state index contributed by atoms with van der Waals surface area (Å²) >= 11 is 0. The minimum Gasteiger partial charge on any atom is -0.349 e. The van der Waals surface area contributed by atoms with E-state index in [2.05, 4.69) is 5.32 Å². The molecule has 0 aliphatic heterocycles. The number of benzene rings is 2. The van der Waals surface area contributed by atoms with E-state index in [1.165, 1.54) is 12.1 Å². The van der Waals surface area contributed by atoms with E-state index in [-0.39, 0.29) is 23.6 Å². The molecule has 0 atom stereocenters. The summed E-state index contributed by atoms with van der Waals surface area (Å²) in [5.74, 6) is -0.521. The molecule has 0 bridgehead atoms. The third kappa shape index (κ3) is 4.78. The first-order chi connectivity index (χ1) is 13.8. The molecular weight excluding hydrogens is 381 g/mol. The molecule has 4 rings (SSSR count). The molecule has 152 valence electrons. The quantitative estimate of drug-likeness (QED) is 0.779. The van der Waals surface area contributed by atoms with Gasteiger partial charge in [0.2, 0.25) is 0 Å². The third-order valence-electron chi connectivity index (χ3n) is 5.17. The van der Waals surface area contributed by atoms with Crippen LogP contribution in [0.2, 0.25) is 0 Å². The lowest BCUT2D eigenvalue weighted by Gasteiger charge is -2.23. The molecule has 2 saturated carbocycles. The summed E-state index contributed by atoms with van der Waals surface area (Å²) in [6, 6.07) is 11.9. The van der Waals surface area contributed by atoms with E-state index in [9.17, 15) is 22.8 Å². The Balaban J connectivity index is 1.48. The number of carbonyl (C=O) groups is 2. The molecular formula is C22H21F3N2O2. The van der Waals surface area contributed by atoms with Crippen molar-refractivity contribution in [2.75, 3.05) is 0 Å². The Morgan fingerprint density at radius 2 is 1.66 bits per heavy atom. The van der Waals surface area contributed by atoms with Gasteiger partial charge in [-0.2, -0.15) is 13.2 Å². The van der Waals surface area contributed by atoms with E-state index in [1.54, 1.807) is 29.2 Å². The van der Waals surface area contributed by atoms with Crippen molar-refractivity contribution in [3.05, 3.63) is 70.8 Å². The number of hydrogen-bond donors (Lipinski definition) is 1. The number of carbonyl (C=O) groups excluding carboxylic acids is 2. The monoisotopic (exact) mass is 402 g/mol. The number of rotatable bonds is 6. The molecule has 4 nitrogen and oxygen atoms in total. The summed E-state index contributed by atoms with van der Waals surface area (Å²) in [6.45, 7) is 0.296. The highest BCUT2D eigenvalue weighted by Crippen LogP contribution is 2.32. The zero-order chi connectivity index (χ0) is 20.6. The number of halogens is 3. The normalized spacial score (nSPS) is 16.4. The molecule has 2 aromatic carbocycles. The van der Waals surface area contributed by atoms with Crippen molar-refractivity contribution in [1.82, 2.24) is 10.2 Å². The van der Waals surface area contributed by atoms with E-state index in [0.717, 1.165) is 43.4 Å². The second kappa shape index (κ2) is 7.54. The first-order valence-corrected chi connectivity index (χ1v) is 9.69. The maximum Gasteiger partial charge on any atom is 0.416 e. The molecule has 2 fully saturated rings. The second-order valence-electron chi connectivity index (χ2n) is 7.69. The average Bonchev–Trinajstić information content (AvgIpc) is 3.60. The van der Waals surface area contributed by atoms with Crippen LogP contribution >= 0.6 is 0 Å². The average molecular weight is 402 g/mol. The fraction of sp³-hybridized carbons (Fsp3) is 0.364. The second-order valence-corrected chi connectivity index (χ2v) is 7.69. The highest BCUT2D eigenvalue weighted by molar-refractivity contribution is 5.95. The number of nitrogens with one attached hydrogen (secondary N) is 1. The number of alkyl halides is 3. The van der Waals surface area contributed by atoms with E-state index in [1.807, 2.05) is 0 Å². The van der Waals surface area contributed by atoms with Gasteiger partial charge >= 0.3 is 6.18 Å². The van der Waals surface area contributed by atoms with Gasteiger partial charge in [-0.05, 0) is 61.6 Å². The maximum absolute atomic E-state index is 13.0. The van der Waals surface area contributed by atoms with Gasteiger partial charge in [-0.3, -0.25) is 9.59 Å². The van der Waals surface area contributed by atoms with Crippen LogP contribution in [0.1, 0.15) is 57.5 Å². The van der Waals surface area contributed by atoms with Crippen LogP contribution in [0.25, 0.3) is 0 Å². The lowest BCUT2D eigenvalue weighted by Crippen LogP contribution is -2.32. The summed E-state index contributed by atoms with van der Waals surface area (Å²) in [4.78, 5) is 26.6. The Labute approximate surface area is 166 Å². The van der Waals surface area contributed by atoms with Crippen LogP contribution in [-0.4, -0.2) is 28.8 Å². The first kappa shape index (κ1) is 19.5. The fourth-order valence-electron chi connectivity index (χ4n) is 3.20. The third-order valence-corrected chi connectivity index (χ3v) is 5.17. The van der Waals surface area contributed by atoms with Gasteiger partial charge in [0.05, 0.1) is 5.56 Å². The Kier molecular flexibility index (Phi) is 5.06. The van der Waals surface area contributed by atoms with Crippen molar-refractivity contribution in [2.45, 2.75) is 50.5 Å². The van der Waals surface area contributed by atoms with Crippen molar-refractivity contribution >= 4 is 11.8 Å². The molecule has 2 amide bonds. The lowest BCUT2D eigenvalue weighted by atomic mass is 10.1. The van der Waals surface area contributed by atoms with Gasteiger partial charge in [0.25, 0.3) is 11.8 Å². The van der Waals surface area contributed by atoms with Crippen LogP contribution in [0.15, 0.2) is 48.5 Å². The summed E-state index contributed by atoms with van der Waals surface area (Å²) < 4.78 is 38.9. The lowest BCUT2D eigenvalue weighted by molar-refractivity contribution is -0.137. The van der Waals surface area contributed by atoms with E-state index in [0.29, 0.717) is 12.1 Å². The molecule has 0 heterocycles. The SMILES string of the molecule is O=C(NC1CC1)c1ccc(CN(C(=O)c2cccc(C(F)(F)F)c2)C2CC2)cc1. The predicted octanol–water partition coefficient (Wildman–Crippen LogP) is 4.40. The van der Waals surface area contributed by atoms with Gasteiger partial charge in [-0.15, -0.1) is 0 Å². The summed E-state index contributed by atoms with van der Waals surface area (Å²) in [7, 11) is 0. The van der Waals surface area contributed by atoms with Crippen LogP contribution in [-0.2, 0) is 12.7 Å².